The van der Waals surface area contributed by atoms with Crippen molar-refractivity contribution < 1.29 is 14.3 Å². The summed E-state index contributed by atoms with van der Waals surface area (Å²) in [5, 5.41) is 7.65. The monoisotopic (exact) mass is 421 g/mol. The van der Waals surface area contributed by atoms with Gasteiger partial charge in [0.25, 0.3) is 5.91 Å². The number of carbonyl (C=O) groups excluding carboxylic acids is 2. The van der Waals surface area contributed by atoms with Crippen molar-refractivity contribution in [2.24, 2.45) is 0 Å². The summed E-state index contributed by atoms with van der Waals surface area (Å²) >= 11 is 1.39. The van der Waals surface area contributed by atoms with Gasteiger partial charge >= 0.3 is 0 Å². The van der Waals surface area contributed by atoms with Crippen molar-refractivity contribution in [1.82, 2.24) is 0 Å². The van der Waals surface area contributed by atoms with E-state index in [1.165, 1.54) is 16.9 Å². The highest BCUT2D eigenvalue weighted by atomic mass is 32.1. The minimum Gasteiger partial charge on any atom is -0.495 e. The van der Waals surface area contributed by atoms with Gasteiger partial charge in [-0.3, -0.25) is 9.59 Å². The topological polar surface area (TPSA) is 70.7 Å². The summed E-state index contributed by atoms with van der Waals surface area (Å²) < 4.78 is 5.51. The lowest BCUT2D eigenvalue weighted by molar-refractivity contribution is -0.115. The van der Waals surface area contributed by atoms with Crippen LogP contribution in [-0.2, 0) is 11.2 Å². The number of rotatable bonds is 6. The SMILES string of the molecule is COc1cccc2c1N(CC(=O)Nc1ccc(NC(=O)c3cccs3)cc1)CCC2. The van der Waals surface area contributed by atoms with E-state index in [-0.39, 0.29) is 18.4 Å². The van der Waals surface area contributed by atoms with E-state index in [4.69, 9.17) is 4.74 Å². The number of para-hydroxylation sites is 1. The quantitative estimate of drug-likeness (QED) is 0.619. The lowest BCUT2D eigenvalue weighted by atomic mass is 10.0. The lowest BCUT2D eigenvalue weighted by Crippen LogP contribution is -2.37. The van der Waals surface area contributed by atoms with Crippen molar-refractivity contribution in [2.75, 3.05) is 35.7 Å². The van der Waals surface area contributed by atoms with Crippen molar-refractivity contribution in [3.05, 3.63) is 70.4 Å². The molecular weight excluding hydrogens is 398 g/mol. The molecule has 0 saturated heterocycles. The molecule has 1 aromatic heterocycles. The van der Waals surface area contributed by atoms with Gasteiger partial charge in [0.2, 0.25) is 5.91 Å². The zero-order valence-electron chi connectivity index (χ0n) is 16.7. The number of thiophene rings is 1. The Hall–Kier alpha value is -3.32. The van der Waals surface area contributed by atoms with Gasteiger partial charge in [-0.05, 0) is 60.2 Å². The fraction of sp³-hybridized carbons (Fsp3) is 0.217. The van der Waals surface area contributed by atoms with Crippen molar-refractivity contribution in [1.29, 1.82) is 0 Å². The van der Waals surface area contributed by atoms with E-state index in [0.717, 1.165) is 30.8 Å². The van der Waals surface area contributed by atoms with E-state index in [2.05, 4.69) is 21.6 Å². The normalized spacial score (nSPS) is 12.8. The second-order valence-corrected chi connectivity index (χ2v) is 8.00. The number of amides is 2. The van der Waals surface area contributed by atoms with Crippen LogP contribution < -0.4 is 20.3 Å². The first-order valence-corrected chi connectivity index (χ1v) is 10.7. The molecule has 0 radical (unpaired) electrons. The first-order valence-electron chi connectivity index (χ1n) is 9.79. The van der Waals surface area contributed by atoms with Crippen molar-refractivity contribution in [3.63, 3.8) is 0 Å². The summed E-state index contributed by atoms with van der Waals surface area (Å²) in [6.07, 6.45) is 2.00. The number of carbonyl (C=O) groups is 2. The predicted octanol–water partition coefficient (Wildman–Crippen LogP) is 4.40. The van der Waals surface area contributed by atoms with Crippen LogP contribution in [0.2, 0.25) is 0 Å². The van der Waals surface area contributed by atoms with Crippen LogP contribution in [0.5, 0.6) is 5.75 Å². The van der Waals surface area contributed by atoms with Crippen LogP contribution in [0.3, 0.4) is 0 Å². The second kappa shape index (κ2) is 9.00. The number of fused-ring (bicyclic) bond motifs is 1. The van der Waals surface area contributed by atoms with E-state index in [1.54, 1.807) is 37.4 Å². The minimum atomic E-state index is -0.139. The van der Waals surface area contributed by atoms with Gasteiger partial charge in [0.15, 0.2) is 0 Å². The first kappa shape index (κ1) is 20.0. The Balaban J connectivity index is 1.38. The molecule has 3 aromatic rings. The Morgan fingerprint density at radius 2 is 1.80 bits per heavy atom. The van der Waals surface area contributed by atoms with Gasteiger partial charge < -0.3 is 20.3 Å². The summed E-state index contributed by atoms with van der Waals surface area (Å²) in [4.78, 5) is 27.5. The Morgan fingerprint density at radius 3 is 2.50 bits per heavy atom. The number of nitrogens with one attached hydrogen (secondary N) is 2. The highest BCUT2D eigenvalue weighted by molar-refractivity contribution is 7.12. The van der Waals surface area contributed by atoms with Crippen LogP contribution in [0.15, 0.2) is 60.0 Å². The molecule has 0 unspecified atom stereocenters. The smallest absolute Gasteiger partial charge is 0.265 e. The number of aryl methyl sites for hydroxylation is 1. The predicted molar refractivity (Wildman–Crippen MR) is 121 cm³/mol. The highest BCUT2D eigenvalue weighted by Crippen LogP contribution is 2.35. The van der Waals surface area contributed by atoms with Crippen LogP contribution >= 0.6 is 11.3 Å². The number of methoxy groups -OCH3 is 1. The van der Waals surface area contributed by atoms with E-state index < -0.39 is 0 Å². The summed E-state index contributed by atoms with van der Waals surface area (Å²) in [7, 11) is 1.65. The average Bonchev–Trinajstić information content (AvgIpc) is 3.30. The van der Waals surface area contributed by atoms with Crippen LogP contribution in [0.25, 0.3) is 0 Å². The molecule has 2 aromatic carbocycles. The number of hydrogen-bond acceptors (Lipinski definition) is 5. The fourth-order valence-corrected chi connectivity index (χ4v) is 4.25. The second-order valence-electron chi connectivity index (χ2n) is 7.05. The highest BCUT2D eigenvalue weighted by Gasteiger charge is 2.22. The molecule has 0 saturated carbocycles. The maximum absolute atomic E-state index is 12.6. The summed E-state index contributed by atoms with van der Waals surface area (Å²) in [5.74, 6) is 0.564. The maximum Gasteiger partial charge on any atom is 0.265 e. The van der Waals surface area contributed by atoms with Crippen LogP contribution in [0.1, 0.15) is 21.7 Å². The number of benzene rings is 2. The molecule has 0 fully saturated rings. The number of nitrogens with zero attached hydrogens (tertiary/aromatic N) is 1. The molecule has 4 rings (SSSR count). The molecule has 1 aliphatic heterocycles. The Bertz CT molecular complexity index is 1020. The summed E-state index contributed by atoms with van der Waals surface area (Å²) in [6, 6.07) is 16.8. The third-order valence-electron chi connectivity index (χ3n) is 5.00. The molecule has 0 spiro atoms. The summed E-state index contributed by atoms with van der Waals surface area (Å²) in [5.41, 5.74) is 3.58. The van der Waals surface area contributed by atoms with Gasteiger partial charge in [0, 0.05) is 17.9 Å². The molecular formula is C23H23N3O3S. The third kappa shape index (κ3) is 4.46. The zero-order valence-corrected chi connectivity index (χ0v) is 17.5. The molecule has 2 N–H and O–H groups in total. The van der Waals surface area contributed by atoms with E-state index in [9.17, 15) is 9.59 Å². The van der Waals surface area contributed by atoms with Gasteiger partial charge in [-0.15, -0.1) is 11.3 Å². The van der Waals surface area contributed by atoms with Gasteiger partial charge in [0.1, 0.15) is 5.75 Å². The Labute approximate surface area is 179 Å². The van der Waals surface area contributed by atoms with Crippen LogP contribution in [-0.4, -0.2) is 32.0 Å². The van der Waals surface area contributed by atoms with Gasteiger partial charge in [-0.2, -0.15) is 0 Å². The molecule has 1 aliphatic rings. The molecule has 2 heterocycles. The number of hydrogen-bond donors (Lipinski definition) is 2. The molecule has 6 nitrogen and oxygen atoms in total. The Kier molecular flexibility index (Phi) is 5.99. The van der Waals surface area contributed by atoms with Crippen molar-refractivity contribution >= 4 is 40.2 Å². The van der Waals surface area contributed by atoms with Crippen molar-refractivity contribution in [3.8, 4) is 5.75 Å². The van der Waals surface area contributed by atoms with Crippen LogP contribution in [0.4, 0.5) is 17.1 Å². The largest absolute Gasteiger partial charge is 0.495 e. The standard InChI is InChI=1S/C23H23N3O3S/c1-29-19-7-2-5-16-6-3-13-26(22(16)19)15-21(27)24-17-9-11-18(12-10-17)25-23(28)20-8-4-14-30-20/h2,4-5,7-12,14H,3,6,13,15H2,1H3,(H,24,27)(H,25,28). The van der Waals surface area contributed by atoms with Crippen LogP contribution in [0, 0.1) is 0 Å². The molecule has 2 amide bonds. The summed E-state index contributed by atoms with van der Waals surface area (Å²) in [6.45, 7) is 1.07. The molecule has 7 heteroatoms. The van der Waals surface area contributed by atoms with E-state index in [1.807, 2.05) is 23.6 Å². The number of ether oxygens (including phenoxy) is 1. The average molecular weight is 422 g/mol. The van der Waals surface area contributed by atoms with Crippen molar-refractivity contribution in [2.45, 2.75) is 12.8 Å². The van der Waals surface area contributed by atoms with Gasteiger partial charge in [-0.1, -0.05) is 18.2 Å². The molecule has 0 bridgehead atoms. The fourth-order valence-electron chi connectivity index (χ4n) is 3.63. The maximum atomic E-state index is 12.6. The molecule has 30 heavy (non-hydrogen) atoms. The number of anilines is 3. The van der Waals surface area contributed by atoms with E-state index >= 15 is 0 Å². The van der Waals surface area contributed by atoms with Gasteiger partial charge in [-0.25, -0.2) is 0 Å². The molecule has 154 valence electrons. The lowest BCUT2D eigenvalue weighted by Gasteiger charge is -2.32. The Morgan fingerprint density at radius 1 is 1.03 bits per heavy atom. The third-order valence-corrected chi connectivity index (χ3v) is 5.87. The molecule has 0 aliphatic carbocycles. The van der Waals surface area contributed by atoms with E-state index in [0.29, 0.717) is 16.3 Å². The zero-order chi connectivity index (χ0) is 20.9. The minimum absolute atomic E-state index is 0.0934. The van der Waals surface area contributed by atoms with Gasteiger partial charge in [0.05, 0.1) is 24.2 Å². The first-order chi connectivity index (χ1) is 14.6. The molecule has 0 atom stereocenters.